The maximum absolute atomic E-state index is 10.5. The van der Waals surface area contributed by atoms with Crippen LogP contribution in [0.15, 0.2) is 12.1 Å². The lowest BCUT2D eigenvalue weighted by atomic mass is 9.78. The minimum atomic E-state index is -0.237. The number of piperidine rings is 3. The number of aliphatic hydroxyl groups excluding tert-OH is 1. The van der Waals surface area contributed by atoms with Crippen LogP contribution in [0, 0.1) is 5.92 Å². The fraction of sp³-hybridized carbons (Fsp3) is 0.625. The van der Waals surface area contributed by atoms with Crippen LogP contribution >= 0.6 is 11.6 Å². The molecule has 3 aliphatic rings. The molecule has 2 atom stereocenters. The first kappa shape index (κ1) is 14.9. The predicted octanol–water partition coefficient (Wildman–Crippen LogP) is 2.35. The van der Waals surface area contributed by atoms with Gasteiger partial charge in [0.1, 0.15) is 0 Å². The number of benzene rings is 1. The van der Waals surface area contributed by atoms with E-state index in [1.165, 1.54) is 0 Å². The Kier molecular flexibility index (Phi) is 4.29. The van der Waals surface area contributed by atoms with Gasteiger partial charge in [0, 0.05) is 6.04 Å². The van der Waals surface area contributed by atoms with Gasteiger partial charge in [0.2, 0.25) is 0 Å². The molecule has 1 aromatic rings. The Morgan fingerprint density at radius 3 is 2.52 bits per heavy atom. The number of aliphatic hydroxyl groups is 1. The van der Waals surface area contributed by atoms with Crippen LogP contribution in [0.5, 0.6) is 11.5 Å². The number of methoxy groups -OCH3 is 2. The highest BCUT2D eigenvalue weighted by Gasteiger charge is 2.41. The van der Waals surface area contributed by atoms with Gasteiger partial charge in [-0.05, 0) is 56.0 Å². The zero-order valence-corrected chi connectivity index (χ0v) is 13.3. The molecule has 0 aromatic heterocycles. The lowest BCUT2D eigenvalue weighted by Gasteiger charge is -2.49. The van der Waals surface area contributed by atoms with E-state index in [-0.39, 0.29) is 12.1 Å². The van der Waals surface area contributed by atoms with Crippen molar-refractivity contribution in [3.05, 3.63) is 22.7 Å². The Morgan fingerprint density at radius 1 is 1.24 bits per heavy atom. The third-order valence-electron chi connectivity index (χ3n) is 4.86. The minimum absolute atomic E-state index is 0.187. The first-order valence-corrected chi connectivity index (χ1v) is 7.84. The van der Waals surface area contributed by atoms with E-state index in [1.807, 2.05) is 12.1 Å². The van der Waals surface area contributed by atoms with Gasteiger partial charge in [-0.25, -0.2) is 0 Å². The number of rotatable bonds is 4. The molecule has 2 bridgehead atoms. The lowest BCUT2D eigenvalue weighted by Crippen LogP contribution is -2.58. The summed E-state index contributed by atoms with van der Waals surface area (Å²) < 4.78 is 10.6. The van der Waals surface area contributed by atoms with Crippen LogP contribution in [0.1, 0.15) is 18.4 Å². The molecule has 3 heterocycles. The summed E-state index contributed by atoms with van der Waals surface area (Å²) in [7, 11) is 3.19. The molecule has 0 saturated carbocycles. The fourth-order valence-electron chi connectivity index (χ4n) is 3.70. The van der Waals surface area contributed by atoms with Crippen molar-refractivity contribution in [1.82, 2.24) is 4.90 Å². The van der Waals surface area contributed by atoms with Gasteiger partial charge < -0.3 is 14.6 Å². The molecule has 3 saturated heterocycles. The molecule has 0 radical (unpaired) electrons. The molecular weight excluding hydrogens is 290 g/mol. The highest BCUT2D eigenvalue weighted by Crippen LogP contribution is 2.38. The third kappa shape index (κ3) is 2.72. The van der Waals surface area contributed by atoms with Crippen LogP contribution in [0.2, 0.25) is 5.02 Å². The first-order chi connectivity index (χ1) is 10.1. The standard InChI is InChI=1S/C16H22ClNO3/c1-20-14-9-10(7-12(17)16(14)21-2)8-13-15(19)11-3-5-18(13)6-4-11/h7,9,11,13,15,19H,3-6,8H2,1-2H3. The molecule has 116 valence electrons. The maximum atomic E-state index is 10.5. The molecule has 0 spiro atoms. The molecule has 4 nitrogen and oxygen atoms in total. The molecule has 1 aromatic carbocycles. The average Bonchev–Trinajstić information content (AvgIpc) is 2.50. The molecule has 2 unspecified atom stereocenters. The van der Waals surface area contributed by atoms with Crippen LogP contribution in [0.3, 0.4) is 0 Å². The smallest absolute Gasteiger partial charge is 0.179 e. The van der Waals surface area contributed by atoms with E-state index in [4.69, 9.17) is 21.1 Å². The Hall–Kier alpha value is -0.970. The van der Waals surface area contributed by atoms with E-state index >= 15 is 0 Å². The van der Waals surface area contributed by atoms with E-state index in [0.717, 1.165) is 37.9 Å². The Labute approximate surface area is 130 Å². The average molecular weight is 312 g/mol. The van der Waals surface area contributed by atoms with E-state index in [1.54, 1.807) is 14.2 Å². The largest absolute Gasteiger partial charge is 0.493 e. The zero-order chi connectivity index (χ0) is 15.0. The molecule has 0 amide bonds. The molecule has 3 aliphatic heterocycles. The monoisotopic (exact) mass is 311 g/mol. The fourth-order valence-corrected chi connectivity index (χ4v) is 4.01. The van der Waals surface area contributed by atoms with Crippen molar-refractivity contribution in [3.63, 3.8) is 0 Å². The van der Waals surface area contributed by atoms with Gasteiger partial charge in [0.25, 0.3) is 0 Å². The Bertz CT molecular complexity index is 512. The molecule has 4 rings (SSSR count). The summed E-state index contributed by atoms with van der Waals surface area (Å²) in [6.07, 6.45) is 2.78. The molecule has 5 heteroatoms. The highest BCUT2D eigenvalue weighted by atomic mass is 35.5. The molecule has 3 fully saturated rings. The summed E-state index contributed by atoms with van der Waals surface area (Å²) in [6, 6.07) is 4.06. The number of hydrogen-bond donors (Lipinski definition) is 1. The van der Waals surface area contributed by atoms with E-state index < -0.39 is 0 Å². The zero-order valence-electron chi connectivity index (χ0n) is 12.5. The summed E-state index contributed by atoms with van der Waals surface area (Å²) in [4.78, 5) is 2.40. The second kappa shape index (κ2) is 6.03. The van der Waals surface area contributed by atoms with Crippen molar-refractivity contribution < 1.29 is 14.6 Å². The van der Waals surface area contributed by atoms with Crippen molar-refractivity contribution in [3.8, 4) is 11.5 Å². The minimum Gasteiger partial charge on any atom is -0.493 e. The van der Waals surface area contributed by atoms with E-state index in [2.05, 4.69) is 4.90 Å². The quantitative estimate of drug-likeness (QED) is 0.927. The van der Waals surface area contributed by atoms with Gasteiger partial charge in [-0.15, -0.1) is 0 Å². The molecule has 21 heavy (non-hydrogen) atoms. The number of ether oxygens (including phenoxy) is 2. The molecular formula is C16H22ClNO3. The summed E-state index contributed by atoms with van der Waals surface area (Å²) in [5.41, 5.74) is 1.08. The summed E-state index contributed by atoms with van der Waals surface area (Å²) in [5, 5.41) is 11.0. The van der Waals surface area contributed by atoms with Crippen LogP contribution in [-0.2, 0) is 6.42 Å². The van der Waals surface area contributed by atoms with Crippen LogP contribution in [0.25, 0.3) is 0 Å². The molecule has 1 N–H and O–H groups in total. The number of nitrogens with zero attached hydrogens (tertiary/aromatic N) is 1. The van der Waals surface area contributed by atoms with Crippen molar-refractivity contribution in [2.75, 3.05) is 27.3 Å². The summed E-state index contributed by atoms with van der Waals surface area (Å²) in [5.74, 6) is 1.66. The first-order valence-electron chi connectivity index (χ1n) is 7.46. The van der Waals surface area contributed by atoms with Crippen LogP contribution in [-0.4, -0.2) is 49.5 Å². The summed E-state index contributed by atoms with van der Waals surface area (Å²) >= 11 is 6.27. The van der Waals surface area contributed by atoms with Gasteiger partial charge in [-0.2, -0.15) is 0 Å². The maximum Gasteiger partial charge on any atom is 0.179 e. The van der Waals surface area contributed by atoms with Crippen molar-refractivity contribution in [2.45, 2.75) is 31.4 Å². The Morgan fingerprint density at radius 2 is 1.95 bits per heavy atom. The van der Waals surface area contributed by atoms with Crippen LogP contribution in [0.4, 0.5) is 0 Å². The van der Waals surface area contributed by atoms with Gasteiger partial charge in [-0.1, -0.05) is 11.6 Å². The van der Waals surface area contributed by atoms with Crippen molar-refractivity contribution >= 4 is 11.6 Å². The third-order valence-corrected chi connectivity index (χ3v) is 5.14. The Balaban J connectivity index is 1.83. The second-order valence-electron chi connectivity index (χ2n) is 5.95. The van der Waals surface area contributed by atoms with Gasteiger partial charge in [0.05, 0.1) is 25.3 Å². The van der Waals surface area contributed by atoms with Gasteiger partial charge >= 0.3 is 0 Å². The topological polar surface area (TPSA) is 41.9 Å². The number of hydrogen-bond acceptors (Lipinski definition) is 4. The molecule has 0 aliphatic carbocycles. The predicted molar refractivity (Wildman–Crippen MR) is 82.4 cm³/mol. The van der Waals surface area contributed by atoms with Crippen molar-refractivity contribution in [1.29, 1.82) is 0 Å². The highest BCUT2D eigenvalue weighted by molar-refractivity contribution is 6.32. The van der Waals surface area contributed by atoms with E-state index in [9.17, 15) is 5.11 Å². The normalized spacial score (nSPS) is 31.2. The van der Waals surface area contributed by atoms with E-state index in [0.29, 0.717) is 22.4 Å². The number of fused-ring (bicyclic) bond motifs is 3. The van der Waals surface area contributed by atoms with Crippen molar-refractivity contribution in [2.24, 2.45) is 5.92 Å². The summed E-state index contributed by atoms with van der Waals surface area (Å²) in [6.45, 7) is 2.18. The van der Waals surface area contributed by atoms with Gasteiger partial charge in [0.15, 0.2) is 11.5 Å². The lowest BCUT2D eigenvalue weighted by molar-refractivity contribution is -0.0715. The van der Waals surface area contributed by atoms with Gasteiger partial charge in [-0.3, -0.25) is 4.90 Å². The van der Waals surface area contributed by atoms with Crippen LogP contribution < -0.4 is 9.47 Å². The number of halogens is 1. The second-order valence-corrected chi connectivity index (χ2v) is 6.36. The SMILES string of the molecule is COc1cc(CC2C(O)C3CCN2CC3)cc(Cl)c1OC.